The zero-order valence-corrected chi connectivity index (χ0v) is 15.1. The largest absolute Gasteiger partial charge is 0.383 e. The van der Waals surface area contributed by atoms with Crippen molar-refractivity contribution in [2.24, 2.45) is 0 Å². The quantitative estimate of drug-likeness (QED) is 0.783. The molecule has 0 spiro atoms. The molecule has 2 rings (SSSR count). The van der Waals surface area contributed by atoms with Gasteiger partial charge in [-0.15, -0.1) is 0 Å². The first kappa shape index (κ1) is 19.9. The van der Waals surface area contributed by atoms with Gasteiger partial charge in [-0.25, -0.2) is 13.8 Å². The van der Waals surface area contributed by atoms with E-state index < -0.39 is 11.6 Å². The molecule has 1 unspecified atom stereocenters. The van der Waals surface area contributed by atoms with Crippen LogP contribution < -0.4 is 5.32 Å². The number of pyridine rings is 1. The van der Waals surface area contributed by atoms with Crippen molar-refractivity contribution in [2.75, 3.05) is 25.6 Å². The van der Waals surface area contributed by atoms with Gasteiger partial charge in [-0.2, -0.15) is 0 Å². The van der Waals surface area contributed by atoms with Crippen LogP contribution in [0.25, 0.3) is 0 Å². The van der Waals surface area contributed by atoms with E-state index in [0.717, 1.165) is 23.8 Å². The van der Waals surface area contributed by atoms with E-state index in [1.165, 1.54) is 0 Å². The van der Waals surface area contributed by atoms with Crippen molar-refractivity contribution in [1.82, 2.24) is 9.88 Å². The van der Waals surface area contributed by atoms with Gasteiger partial charge in [0.05, 0.1) is 13.2 Å². The Morgan fingerprint density at radius 2 is 2.08 bits per heavy atom. The molecular weight excluding hydrogens is 340 g/mol. The van der Waals surface area contributed by atoms with E-state index >= 15 is 0 Å². The number of halogens is 2. The highest BCUT2D eigenvalue weighted by Crippen LogP contribution is 2.15. The van der Waals surface area contributed by atoms with Crippen LogP contribution in [0.2, 0.25) is 0 Å². The van der Waals surface area contributed by atoms with Gasteiger partial charge in [-0.1, -0.05) is 6.07 Å². The number of anilines is 1. The van der Waals surface area contributed by atoms with Crippen molar-refractivity contribution in [3.05, 3.63) is 59.3 Å². The van der Waals surface area contributed by atoms with Crippen molar-refractivity contribution in [2.45, 2.75) is 26.4 Å². The molecule has 140 valence electrons. The third-order valence-corrected chi connectivity index (χ3v) is 3.94. The summed E-state index contributed by atoms with van der Waals surface area (Å²) in [6.45, 7) is 4.20. The number of carbonyl (C=O) groups excluding carboxylic acids is 1. The van der Waals surface area contributed by atoms with Crippen LogP contribution >= 0.6 is 0 Å². The average Bonchev–Trinajstić information content (AvgIpc) is 2.59. The summed E-state index contributed by atoms with van der Waals surface area (Å²) < 4.78 is 32.5. The van der Waals surface area contributed by atoms with Gasteiger partial charge in [0, 0.05) is 31.5 Å². The summed E-state index contributed by atoms with van der Waals surface area (Å²) in [6.07, 6.45) is 1.66. The van der Waals surface area contributed by atoms with Gasteiger partial charge < -0.3 is 10.1 Å². The number of carbonyl (C=O) groups is 1. The monoisotopic (exact) mass is 363 g/mol. The van der Waals surface area contributed by atoms with Gasteiger partial charge in [0.15, 0.2) is 0 Å². The van der Waals surface area contributed by atoms with Gasteiger partial charge in [0.2, 0.25) is 5.91 Å². The Balaban J connectivity index is 2.09. The van der Waals surface area contributed by atoms with Crippen molar-refractivity contribution in [3.63, 3.8) is 0 Å². The summed E-state index contributed by atoms with van der Waals surface area (Å²) >= 11 is 0. The van der Waals surface area contributed by atoms with Crippen LogP contribution in [0.5, 0.6) is 0 Å². The zero-order chi connectivity index (χ0) is 19.1. The molecule has 0 aliphatic heterocycles. The normalized spacial score (nSPS) is 12.2. The van der Waals surface area contributed by atoms with Gasteiger partial charge in [-0.05, 0) is 43.7 Å². The highest BCUT2D eigenvalue weighted by atomic mass is 19.1. The standard InChI is InChI=1S/C19H23F2N3O2/c1-13-4-7-18(22-9-13)23-19(25)11-24(14(2)12-26-3)10-15-8-16(20)5-6-17(15)21/h4-9,14H,10-12H2,1-3H3,(H,22,23,25). The number of hydrogen-bond acceptors (Lipinski definition) is 4. The molecule has 2 aromatic rings. The molecule has 1 aromatic carbocycles. The first-order valence-electron chi connectivity index (χ1n) is 8.28. The van der Waals surface area contributed by atoms with E-state index in [-0.39, 0.29) is 30.6 Å². The van der Waals surface area contributed by atoms with Crippen LogP contribution in [0.1, 0.15) is 18.1 Å². The molecule has 26 heavy (non-hydrogen) atoms. The van der Waals surface area contributed by atoms with E-state index in [0.29, 0.717) is 12.4 Å². The Hall–Kier alpha value is -2.38. The lowest BCUT2D eigenvalue weighted by atomic mass is 10.1. The topological polar surface area (TPSA) is 54.5 Å². The molecule has 0 aliphatic rings. The third-order valence-electron chi connectivity index (χ3n) is 3.94. The molecule has 1 heterocycles. The number of nitrogens with one attached hydrogen (secondary N) is 1. The molecular formula is C19H23F2N3O2. The second-order valence-electron chi connectivity index (χ2n) is 6.21. The predicted octanol–water partition coefficient (Wildman–Crippen LogP) is 3.14. The Bertz CT molecular complexity index is 738. The number of ether oxygens (including phenoxy) is 1. The summed E-state index contributed by atoms with van der Waals surface area (Å²) in [5.74, 6) is -0.881. The maximum absolute atomic E-state index is 14.0. The molecule has 1 atom stereocenters. The molecule has 7 heteroatoms. The van der Waals surface area contributed by atoms with Crippen LogP contribution in [0.4, 0.5) is 14.6 Å². The number of aromatic nitrogens is 1. The van der Waals surface area contributed by atoms with Crippen molar-refractivity contribution in [1.29, 1.82) is 0 Å². The lowest BCUT2D eigenvalue weighted by molar-refractivity contribution is -0.118. The zero-order valence-electron chi connectivity index (χ0n) is 15.1. The summed E-state index contributed by atoms with van der Waals surface area (Å²) in [6, 6.07) is 6.68. The molecule has 0 bridgehead atoms. The highest BCUT2D eigenvalue weighted by Gasteiger charge is 2.20. The number of aryl methyl sites for hydroxylation is 1. The minimum absolute atomic E-state index is 0.00393. The molecule has 1 aromatic heterocycles. The highest BCUT2D eigenvalue weighted by molar-refractivity contribution is 5.91. The summed E-state index contributed by atoms with van der Waals surface area (Å²) in [4.78, 5) is 18.2. The van der Waals surface area contributed by atoms with Crippen LogP contribution in [-0.2, 0) is 16.1 Å². The molecule has 1 amide bonds. The van der Waals surface area contributed by atoms with Crippen LogP contribution in [-0.4, -0.2) is 42.1 Å². The van der Waals surface area contributed by atoms with E-state index in [4.69, 9.17) is 4.74 Å². The summed E-state index contributed by atoms with van der Waals surface area (Å²) in [7, 11) is 1.55. The summed E-state index contributed by atoms with van der Waals surface area (Å²) in [5.41, 5.74) is 1.18. The second-order valence-corrected chi connectivity index (χ2v) is 6.21. The Labute approximate surface area is 152 Å². The molecule has 5 nitrogen and oxygen atoms in total. The first-order valence-corrected chi connectivity index (χ1v) is 8.28. The van der Waals surface area contributed by atoms with Crippen LogP contribution in [0, 0.1) is 18.6 Å². The maximum atomic E-state index is 14.0. The van der Waals surface area contributed by atoms with Gasteiger partial charge in [-0.3, -0.25) is 9.69 Å². The fourth-order valence-corrected chi connectivity index (χ4v) is 2.51. The number of benzene rings is 1. The van der Waals surface area contributed by atoms with Crippen molar-refractivity contribution < 1.29 is 18.3 Å². The Morgan fingerprint density at radius 1 is 1.31 bits per heavy atom. The average molecular weight is 363 g/mol. The van der Waals surface area contributed by atoms with Crippen LogP contribution in [0.15, 0.2) is 36.5 Å². The molecule has 0 fully saturated rings. The summed E-state index contributed by atoms with van der Waals surface area (Å²) in [5, 5.41) is 2.71. The van der Waals surface area contributed by atoms with Crippen molar-refractivity contribution >= 4 is 11.7 Å². The minimum Gasteiger partial charge on any atom is -0.383 e. The molecule has 0 saturated heterocycles. The second kappa shape index (κ2) is 9.35. The molecule has 0 aliphatic carbocycles. The number of nitrogens with zero attached hydrogens (tertiary/aromatic N) is 2. The van der Waals surface area contributed by atoms with E-state index in [9.17, 15) is 13.6 Å². The van der Waals surface area contributed by atoms with E-state index in [1.54, 1.807) is 24.3 Å². The Morgan fingerprint density at radius 3 is 2.73 bits per heavy atom. The predicted molar refractivity (Wildman–Crippen MR) is 95.7 cm³/mol. The maximum Gasteiger partial charge on any atom is 0.239 e. The first-order chi connectivity index (χ1) is 12.4. The lowest BCUT2D eigenvalue weighted by Crippen LogP contribution is -2.41. The lowest BCUT2D eigenvalue weighted by Gasteiger charge is -2.28. The third kappa shape index (κ3) is 5.86. The van der Waals surface area contributed by atoms with Gasteiger partial charge in [0.1, 0.15) is 17.5 Å². The smallest absolute Gasteiger partial charge is 0.239 e. The number of amides is 1. The van der Waals surface area contributed by atoms with Gasteiger partial charge in [0.25, 0.3) is 0 Å². The molecule has 0 radical (unpaired) electrons. The fourth-order valence-electron chi connectivity index (χ4n) is 2.51. The van der Waals surface area contributed by atoms with Gasteiger partial charge >= 0.3 is 0 Å². The number of hydrogen-bond donors (Lipinski definition) is 1. The Kier molecular flexibility index (Phi) is 7.17. The van der Waals surface area contributed by atoms with E-state index in [2.05, 4.69) is 10.3 Å². The number of rotatable bonds is 8. The minimum atomic E-state index is -0.519. The fraction of sp³-hybridized carbons (Fsp3) is 0.368. The van der Waals surface area contributed by atoms with E-state index in [1.807, 2.05) is 19.9 Å². The van der Waals surface area contributed by atoms with Crippen molar-refractivity contribution in [3.8, 4) is 0 Å². The SMILES string of the molecule is COCC(C)N(CC(=O)Nc1ccc(C)cn1)Cc1cc(F)ccc1F. The van der Waals surface area contributed by atoms with Crippen LogP contribution in [0.3, 0.4) is 0 Å². The number of methoxy groups -OCH3 is 1. The molecule has 0 saturated carbocycles. The molecule has 1 N–H and O–H groups in total.